The van der Waals surface area contributed by atoms with Crippen LogP contribution in [-0.4, -0.2) is 16.0 Å². The topological polar surface area (TPSA) is 68.0 Å². The summed E-state index contributed by atoms with van der Waals surface area (Å²) in [5.41, 5.74) is 2.55. The highest BCUT2D eigenvalue weighted by atomic mass is 35.5. The van der Waals surface area contributed by atoms with Gasteiger partial charge in [0, 0.05) is 11.6 Å². The van der Waals surface area contributed by atoms with Crippen molar-refractivity contribution in [3.63, 3.8) is 0 Å². The molecule has 5 nitrogen and oxygen atoms in total. The van der Waals surface area contributed by atoms with Crippen LogP contribution in [0.5, 0.6) is 0 Å². The number of anilines is 1. The first kappa shape index (κ1) is 15.1. The largest absolute Gasteiger partial charge is 0.336 e. The number of hydrogen-bond donors (Lipinski definition) is 1. The molecule has 1 saturated carbocycles. The van der Waals surface area contributed by atoms with Gasteiger partial charge in [-0.25, -0.2) is 9.37 Å². The second kappa shape index (κ2) is 5.56. The van der Waals surface area contributed by atoms with E-state index in [2.05, 4.69) is 15.5 Å². The van der Waals surface area contributed by atoms with Gasteiger partial charge < -0.3 is 9.84 Å². The first-order valence-corrected chi connectivity index (χ1v) is 7.94. The van der Waals surface area contributed by atoms with Gasteiger partial charge in [0.2, 0.25) is 0 Å². The van der Waals surface area contributed by atoms with Crippen molar-refractivity contribution in [3.05, 3.63) is 52.1 Å². The van der Waals surface area contributed by atoms with Gasteiger partial charge in [-0.05, 0) is 44.0 Å². The average Bonchev–Trinajstić information content (AvgIpc) is 3.33. The summed E-state index contributed by atoms with van der Waals surface area (Å²) < 4.78 is 18.4. The van der Waals surface area contributed by atoms with E-state index in [1.165, 1.54) is 12.1 Å². The predicted molar refractivity (Wildman–Crippen MR) is 87.9 cm³/mol. The number of nitrogens with one attached hydrogen (secondary N) is 1. The van der Waals surface area contributed by atoms with Crippen LogP contribution in [0.1, 0.15) is 40.5 Å². The molecule has 0 radical (unpaired) electrons. The van der Waals surface area contributed by atoms with Crippen LogP contribution in [0.4, 0.5) is 10.1 Å². The van der Waals surface area contributed by atoms with Crippen molar-refractivity contribution in [2.24, 2.45) is 0 Å². The van der Waals surface area contributed by atoms with E-state index in [9.17, 15) is 9.18 Å². The van der Waals surface area contributed by atoms with Gasteiger partial charge in [0.1, 0.15) is 5.82 Å². The molecule has 1 aliphatic rings. The van der Waals surface area contributed by atoms with Gasteiger partial charge in [0.25, 0.3) is 11.6 Å². The highest BCUT2D eigenvalue weighted by Gasteiger charge is 2.28. The summed E-state index contributed by atoms with van der Waals surface area (Å²) >= 11 is 5.98. The number of halogens is 2. The van der Waals surface area contributed by atoms with Crippen molar-refractivity contribution < 1.29 is 13.7 Å². The van der Waals surface area contributed by atoms with Gasteiger partial charge in [-0.1, -0.05) is 16.8 Å². The second-order valence-corrected chi connectivity index (χ2v) is 6.30. The van der Waals surface area contributed by atoms with Crippen molar-refractivity contribution in [1.29, 1.82) is 0 Å². The smallest absolute Gasteiger partial charge is 0.259 e. The van der Waals surface area contributed by atoms with E-state index in [4.69, 9.17) is 16.1 Å². The van der Waals surface area contributed by atoms with Crippen molar-refractivity contribution in [2.75, 3.05) is 5.32 Å². The third-order valence-electron chi connectivity index (χ3n) is 4.06. The molecule has 0 atom stereocenters. The zero-order valence-corrected chi connectivity index (χ0v) is 13.5. The fourth-order valence-corrected chi connectivity index (χ4v) is 2.88. The molecule has 0 unspecified atom stereocenters. The molecule has 1 aromatic carbocycles. The van der Waals surface area contributed by atoms with Gasteiger partial charge in [-0.3, -0.25) is 4.79 Å². The molecule has 4 rings (SSSR count). The molecule has 24 heavy (non-hydrogen) atoms. The van der Waals surface area contributed by atoms with Crippen LogP contribution < -0.4 is 5.32 Å². The molecular formula is C17H13ClFN3O2. The molecule has 1 N–H and O–H groups in total. The lowest BCUT2D eigenvalue weighted by Gasteiger charge is -2.09. The summed E-state index contributed by atoms with van der Waals surface area (Å²) in [5.74, 6) is -0.458. The second-order valence-electron chi connectivity index (χ2n) is 5.90. The highest BCUT2D eigenvalue weighted by Crippen LogP contribution is 2.40. The van der Waals surface area contributed by atoms with Gasteiger partial charge in [0.05, 0.1) is 27.4 Å². The van der Waals surface area contributed by atoms with Crippen molar-refractivity contribution in [1.82, 2.24) is 10.1 Å². The Morgan fingerprint density at radius 2 is 2.17 bits per heavy atom. The molecule has 2 aromatic heterocycles. The Morgan fingerprint density at radius 3 is 2.88 bits per heavy atom. The zero-order valence-electron chi connectivity index (χ0n) is 12.8. The van der Waals surface area contributed by atoms with Crippen LogP contribution in [0.25, 0.3) is 11.1 Å². The third-order valence-corrected chi connectivity index (χ3v) is 4.37. The molecule has 122 valence electrons. The summed E-state index contributed by atoms with van der Waals surface area (Å²) in [5, 5.41) is 7.33. The molecule has 1 aliphatic carbocycles. The quantitative estimate of drug-likeness (QED) is 0.761. The zero-order chi connectivity index (χ0) is 16.8. The van der Waals surface area contributed by atoms with E-state index >= 15 is 0 Å². The van der Waals surface area contributed by atoms with Crippen LogP contribution in [0.2, 0.25) is 5.02 Å². The van der Waals surface area contributed by atoms with Crippen LogP contribution >= 0.6 is 11.6 Å². The maximum atomic E-state index is 13.2. The average molecular weight is 346 g/mol. The van der Waals surface area contributed by atoms with E-state index in [-0.39, 0.29) is 10.9 Å². The minimum Gasteiger partial charge on any atom is -0.336 e. The highest BCUT2D eigenvalue weighted by molar-refractivity contribution is 6.34. The van der Waals surface area contributed by atoms with E-state index in [1.807, 2.05) is 0 Å². The molecule has 1 fully saturated rings. The SMILES string of the molecule is Cc1noc2nc(C3CC3)cc(C(=O)Nc3ccc(F)cc3Cl)c12. The Morgan fingerprint density at radius 1 is 1.38 bits per heavy atom. The van der Waals surface area contributed by atoms with Gasteiger partial charge in [-0.2, -0.15) is 0 Å². The lowest BCUT2D eigenvalue weighted by atomic mass is 10.1. The van der Waals surface area contributed by atoms with Crippen molar-refractivity contribution in [3.8, 4) is 0 Å². The van der Waals surface area contributed by atoms with Gasteiger partial charge in [0.15, 0.2) is 0 Å². The molecule has 0 aliphatic heterocycles. The van der Waals surface area contributed by atoms with E-state index in [0.717, 1.165) is 24.6 Å². The maximum Gasteiger partial charge on any atom is 0.259 e. The Hall–Kier alpha value is -2.47. The third kappa shape index (κ3) is 2.63. The maximum absolute atomic E-state index is 13.2. The number of pyridine rings is 1. The fraction of sp³-hybridized carbons (Fsp3) is 0.235. The monoisotopic (exact) mass is 345 g/mol. The fourth-order valence-electron chi connectivity index (χ4n) is 2.66. The Labute approximate surface area is 141 Å². The molecule has 0 bridgehead atoms. The van der Waals surface area contributed by atoms with E-state index < -0.39 is 5.82 Å². The van der Waals surface area contributed by atoms with Crippen LogP contribution in [0.15, 0.2) is 28.8 Å². The van der Waals surface area contributed by atoms with Crippen LogP contribution in [0, 0.1) is 12.7 Å². The van der Waals surface area contributed by atoms with E-state index in [0.29, 0.717) is 34.0 Å². The minimum absolute atomic E-state index is 0.137. The Balaban J connectivity index is 1.76. The lowest BCUT2D eigenvalue weighted by Crippen LogP contribution is -2.14. The first-order chi connectivity index (χ1) is 11.5. The number of carbonyl (C=O) groups excluding carboxylic acids is 1. The standard InChI is InChI=1S/C17H13ClFN3O2/c1-8-15-11(7-14(9-2-3-9)21-17(15)24-22-8)16(23)20-13-5-4-10(19)6-12(13)18/h4-7,9H,2-3H2,1H3,(H,20,23). The number of carbonyl (C=O) groups is 1. The van der Waals surface area contributed by atoms with Gasteiger partial charge >= 0.3 is 0 Å². The first-order valence-electron chi connectivity index (χ1n) is 7.56. The molecule has 0 saturated heterocycles. The summed E-state index contributed by atoms with van der Waals surface area (Å²) in [6.07, 6.45) is 2.10. The van der Waals surface area contributed by atoms with Crippen LogP contribution in [-0.2, 0) is 0 Å². The molecule has 1 amide bonds. The molecular weight excluding hydrogens is 333 g/mol. The van der Waals surface area contributed by atoms with Crippen LogP contribution in [0.3, 0.4) is 0 Å². The number of rotatable bonds is 3. The number of aryl methyl sites for hydroxylation is 1. The Bertz CT molecular complexity index is 966. The predicted octanol–water partition coefficient (Wildman–Crippen LogP) is 4.45. The number of fused-ring (bicyclic) bond motifs is 1. The number of benzene rings is 1. The van der Waals surface area contributed by atoms with Gasteiger partial charge in [-0.15, -0.1) is 0 Å². The normalized spacial score (nSPS) is 14.1. The van der Waals surface area contributed by atoms with Crippen molar-refractivity contribution in [2.45, 2.75) is 25.7 Å². The van der Waals surface area contributed by atoms with E-state index in [1.54, 1.807) is 13.0 Å². The lowest BCUT2D eigenvalue weighted by molar-refractivity contribution is 0.102. The summed E-state index contributed by atoms with van der Waals surface area (Å²) in [4.78, 5) is 17.2. The van der Waals surface area contributed by atoms with Crippen molar-refractivity contribution >= 4 is 34.3 Å². The molecule has 7 heteroatoms. The summed E-state index contributed by atoms with van der Waals surface area (Å²) in [6.45, 7) is 1.76. The number of hydrogen-bond acceptors (Lipinski definition) is 4. The molecule has 2 heterocycles. The summed E-state index contributed by atoms with van der Waals surface area (Å²) in [6, 6.07) is 5.59. The molecule has 3 aromatic rings. The number of nitrogens with zero attached hydrogens (tertiary/aromatic N) is 2. The number of aromatic nitrogens is 2. The molecule has 0 spiro atoms. The number of amides is 1. The minimum atomic E-state index is -0.463. The Kier molecular flexibility index (Phi) is 3.49. The summed E-state index contributed by atoms with van der Waals surface area (Å²) in [7, 11) is 0.